The standard InChI is InChI=1S/C10H17NO/c1-6-7(2)10(3,4)5-8(11)9(6)12/h8H,5,11H2,1-4H3. The Morgan fingerprint density at radius 2 is 1.92 bits per heavy atom. The van der Waals surface area contributed by atoms with E-state index in [1.165, 1.54) is 5.57 Å². The number of allylic oxidation sites excluding steroid dienone is 1. The third kappa shape index (κ3) is 1.31. The molecule has 0 fully saturated rings. The lowest BCUT2D eigenvalue weighted by molar-refractivity contribution is -0.118. The average molecular weight is 167 g/mol. The van der Waals surface area contributed by atoms with Gasteiger partial charge in [-0.05, 0) is 31.3 Å². The summed E-state index contributed by atoms with van der Waals surface area (Å²) in [5, 5.41) is 0. The molecule has 2 heteroatoms. The molecular formula is C10H17NO. The molecule has 0 aromatic rings. The van der Waals surface area contributed by atoms with E-state index >= 15 is 0 Å². The maximum Gasteiger partial charge on any atom is 0.175 e. The molecule has 1 aliphatic carbocycles. The van der Waals surface area contributed by atoms with Gasteiger partial charge in [-0.1, -0.05) is 19.4 Å². The maximum absolute atomic E-state index is 11.4. The van der Waals surface area contributed by atoms with Gasteiger partial charge < -0.3 is 5.73 Å². The Bertz CT molecular complexity index is 251. The third-order valence-electron chi connectivity index (χ3n) is 3.01. The first kappa shape index (κ1) is 9.46. The topological polar surface area (TPSA) is 43.1 Å². The third-order valence-corrected chi connectivity index (χ3v) is 3.01. The molecule has 12 heavy (non-hydrogen) atoms. The second-order valence-corrected chi connectivity index (χ2v) is 4.31. The molecule has 0 aromatic carbocycles. The number of nitrogens with two attached hydrogens (primary N) is 1. The molecule has 2 N–H and O–H groups in total. The van der Waals surface area contributed by atoms with Crippen LogP contribution >= 0.6 is 0 Å². The number of hydrogen-bond acceptors (Lipinski definition) is 2. The second kappa shape index (κ2) is 2.70. The zero-order chi connectivity index (χ0) is 9.52. The van der Waals surface area contributed by atoms with Gasteiger partial charge in [-0.15, -0.1) is 0 Å². The normalized spacial score (nSPS) is 29.4. The highest BCUT2D eigenvalue weighted by Gasteiger charge is 2.34. The van der Waals surface area contributed by atoms with Gasteiger partial charge in [-0.25, -0.2) is 0 Å². The lowest BCUT2D eigenvalue weighted by Crippen LogP contribution is -2.41. The zero-order valence-corrected chi connectivity index (χ0v) is 8.27. The molecule has 0 aliphatic heterocycles. The van der Waals surface area contributed by atoms with Gasteiger partial charge in [0.2, 0.25) is 0 Å². The number of carbonyl (C=O) groups excluding carboxylic acids is 1. The molecule has 0 heterocycles. The highest BCUT2D eigenvalue weighted by molar-refractivity contribution is 6.00. The molecule has 0 saturated carbocycles. The van der Waals surface area contributed by atoms with Gasteiger partial charge in [0.25, 0.3) is 0 Å². The van der Waals surface area contributed by atoms with E-state index in [4.69, 9.17) is 5.73 Å². The second-order valence-electron chi connectivity index (χ2n) is 4.31. The predicted octanol–water partition coefficient (Wildman–Crippen LogP) is 1.65. The Morgan fingerprint density at radius 3 is 2.42 bits per heavy atom. The van der Waals surface area contributed by atoms with Crippen LogP contribution in [0.1, 0.15) is 34.1 Å². The fourth-order valence-corrected chi connectivity index (χ4v) is 1.77. The van der Waals surface area contributed by atoms with Crippen molar-refractivity contribution >= 4 is 5.78 Å². The number of carbonyl (C=O) groups is 1. The highest BCUT2D eigenvalue weighted by atomic mass is 16.1. The maximum atomic E-state index is 11.4. The first-order chi connectivity index (χ1) is 5.36. The molecule has 1 unspecified atom stereocenters. The summed E-state index contributed by atoms with van der Waals surface area (Å²) in [7, 11) is 0. The first-order valence-corrected chi connectivity index (χ1v) is 4.34. The molecule has 0 radical (unpaired) electrons. The van der Waals surface area contributed by atoms with Crippen molar-refractivity contribution in [2.24, 2.45) is 11.1 Å². The van der Waals surface area contributed by atoms with Crippen molar-refractivity contribution in [3.63, 3.8) is 0 Å². The summed E-state index contributed by atoms with van der Waals surface area (Å²) in [6.07, 6.45) is 0.773. The molecule has 0 spiro atoms. The van der Waals surface area contributed by atoms with Gasteiger partial charge in [-0.2, -0.15) is 0 Å². The highest BCUT2D eigenvalue weighted by Crippen LogP contribution is 2.37. The predicted molar refractivity (Wildman–Crippen MR) is 49.8 cm³/mol. The van der Waals surface area contributed by atoms with Gasteiger partial charge in [0.15, 0.2) is 5.78 Å². The van der Waals surface area contributed by atoms with Crippen molar-refractivity contribution in [2.45, 2.75) is 40.2 Å². The van der Waals surface area contributed by atoms with Crippen LogP contribution < -0.4 is 5.73 Å². The van der Waals surface area contributed by atoms with Crippen molar-refractivity contribution < 1.29 is 4.79 Å². The minimum absolute atomic E-state index is 0.0947. The number of Topliss-reactive ketones (excluding diaryl/α,β-unsaturated/α-hetero) is 1. The van der Waals surface area contributed by atoms with E-state index < -0.39 is 0 Å². The van der Waals surface area contributed by atoms with Gasteiger partial charge in [0, 0.05) is 0 Å². The summed E-state index contributed by atoms with van der Waals surface area (Å²) in [4.78, 5) is 11.4. The number of rotatable bonds is 0. The van der Waals surface area contributed by atoms with Crippen LogP contribution in [0.15, 0.2) is 11.1 Å². The first-order valence-electron chi connectivity index (χ1n) is 4.34. The van der Waals surface area contributed by atoms with Crippen LogP contribution in [0.4, 0.5) is 0 Å². The SMILES string of the molecule is CC1=C(C)C(C)(C)CC(N)C1=O. The molecule has 68 valence electrons. The van der Waals surface area contributed by atoms with Crippen molar-refractivity contribution in [1.82, 2.24) is 0 Å². The minimum atomic E-state index is -0.288. The van der Waals surface area contributed by atoms with Crippen LogP contribution in [0, 0.1) is 5.41 Å². The van der Waals surface area contributed by atoms with E-state index in [9.17, 15) is 4.79 Å². The molecule has 1 atom stereocenters. The van der Waals surface area contributed by atoms with E-state index in [1.807, 2.05) is 13.8 Å². The average Bonchev–Trinajstić information content (AvgIpc) is 1.97. The van der Waals surface area contributed by atoms with Crippen LogP contribution in [0.2, 0.25) is 0 Å². The smallest absolute Gasteiger partial charge is 0.175 e. The molecule has 2 nitrogen and oxygen atoms in total. The summed E-state index contributed by atoms with van der Waals surface area (Å²) >= 11 is 0. The van der Waals surface area contributed by atoms with Crippen LogP contribution in [-0.2, 0) is 4.79 Å². The summed E-state index contributed by atoms with van der Waals surface area (Å²) in [5.41, 5.74) is 7.87. The Hall–Kier alpha value is -0.630. The van der Waals surface area contributed by atoms with Crippen molar-refractivity contribution in [2.75, 3.05) is 0 Å². The lowest BCUT2D eigenvalue weighted by atomic mass is 9.71. The summed E-state index contributed by atoms with van der Waals surface area (Å²) in [5.74, 6) is 0.117. The summed E-state index contributed by atoms with van der Waals surface area (Å²) in [6.45, 7) is 8.17. The van der Waals surface area contributed by atoms with E-state index in [1.54, 1.807) is 0 Å². The van der Waals surface area contributed by atoms with Crippen LogP contribution in [0.25, 0.3) is 0 Å². The molecule has 0 bridgehead atoms. The van der Waals surface area contributed by atoms with E-state index in [-0.39, 0.29) is 17.2 Å². The Labute approximate surface area is 73.8 Å². The number of ketones is 1. The summed E-state index contributed by atoms with van der Waals surface area (Å²) in [6, 6.07) is -0.288. The van der Waals surface area contributed by atoms with Crippen molar-refractivity contribution in [3.8, 4) is 0 Å². The largest absolute Gasteiger partial charge is 0.321 e. The minimum Gasteiger partial charge on any atom is -0.321 e. The van der Waals surface area contributed by atoms with Crippen LogP contribution in [-0.4, -0.2) is 11.8 Å². The number of hydrogen-bond donors (Lipinski definition) is 1. The van der Waals surface area contributed by atoms with E-state index in [2.05, 4.69) is 13.8 Å². The van der Waals surface area contributed by atoms with Crippen molar-refractivity contribution in [1.29, 1.82) is 0 Å². The molecule has 0 amide bonds. The monoisotopic (exact) mass is 167 g/mol. The van der Waals surface area contributed by atoms with Gasteiger partial charge in [-0.3, -0.25) is 4.79 Å². The molecule has 1 aliphatic rings. The summed E-state index contributed by atoms with van der Waals surface area (Å²) < 4.78 is 0. The van der Waals surface area contributed by atoms with E-state index in [0.717, 1.165) is 12.0 Å². The fourth-order valence-electron chi connectivity index (χ4n) is 1.77. The quantitative estimate of drug-likeness (QED) is 0.596. The molecule has 0 saturated heterocycles. The molecule has 1 rings (SSSR count). The fraction of sp³-hybridized carbons (Fsp3) is 0.700. The Morgan fingerprint density at radius 1 is 1.42 bits per heavy atom. The van der Waals surface area contributed by atoms with Crippen LogP contribution in [0.5, 0.6) is 0 Å². The van der Waals surface area contributed by atoms with Gasteiger partial charge in [0.05, 0.1) is 6.04 Å². The molecule has 0 aromatic heterocycles. The Kier molecular flexibility index (Phi) is 2.13. The van der Waals surface area contributed by atoms with Crippen molar-refractivity contribution in [3.05, 3.63) is 11.1 Å². The molecular weight excluding hydrogens is 150 g/mol. The van der Waals surface area contributed by atoms with Gasteiger partial charge >= 0.3 is 0 Å². The van der Waals surface area contributed by atoms with Crippen LogP contribution in [0.3, 0.4) is 0 Å². The van der Waals surface area contributed by atoms with Gasteiger partial charge in [0.1, 0.15) is 0 Å². The Balaban J connectivity index is 3.13. The zero-order valence-electron chi connectivity index (χ0n) is 8.27. The lowest BCUT2D eigenvalue weighted by Gasteiger charge is -2.34. The van der Waals surface area contributed by atoms with E-state index in [0.29, 0.717) is 0 Å².